The lowest BCUT2D eigenvalue weighted by atomic mass is 9.89. The molecule has 0 atom stereocenters. The normalized spacial score (nSPS) is 22.2. The molecule has 1 saturated heterocycles. The minimum Gasteiger partial charge on any atom is -0.388 e. The molecule has 2 N–H and O–H groups in total. The van der Waals surface area contributed by atoms with Gasteiger partial charge in [0.25, 0.3) is 5.91 Å². The Morgan fingerprint density at radius 3 is 2.27 bits per heavy atom. The quantitative estimate of drug-likeness (QED) is 0.617. The van der Waals surface area contributed by atoms with E-state index in [-0.39, 0.29) is 11.7 Å². The van der Waals surface area contributed by atoms with Gasteiger partial charge in [-0.3, -0.25) is 9.79 Å². The van der Waals surface area contributed by atoms with Crippen molar-refractivity contribution in [3.8, 4) is 0 Å². The second kappa shape index (κ2) is 9.74. The Morgan fingerprint density at radius 1 is 1.09 bits per heavy atom. The van der Waals surface area contributed by atoms with Crippen LogP contribution >= 0.6 is 0 Å². The number of piperidine rings is 1. The van der Waals surface area contributed by atoms with Crippen LogP contribution in [0.2, 0.25) is 0 Å². The Balaban J connectivity index is 1.39. The predicted molar refractivity (Wildman–Crippen MR) is 133 cm³/mol. The van der Waals surface area contributed by atoms with Crippen molar-refractivity contribution in [1.29, 1.82) is 0 Å². The summed E-state index contributed by atoms with van der Waals surface area (Å²) in [4.78, 5) is 17.8. The van der Waals surface area contributed by atoms with E-state index < -0.39 is 15.6 Å². The molecular weight excluding hydrogens is 436 g/mol. The highest BCUT2D eigenvalue weighted by molar-refractivity contribution is 7.89. The average Bonchev–Trinajstić information content (AvgIpc) is 2.96. The zero-order valence-electron chi connectivity index (χ0n) is 20.2. The van der Waals surface area contributed by atoms with Crippen LogP contribution in [0.4, 0.5) is 5.69 Å². The number of amides is 1. The summed E-state index contributed by atoms with van der Waals surface area (Å²) >= 11 is 0. The molecule has 182 valence electrons. The fourth-order valence-electron chi connectivity index (χ4n) is 5.65. The summed E-state index contributed by atoms with van der Waals surface area (Å²) in [6.07, 6.45) is 8.49. The van der Waals surface area contributed by atoms with Crippen LogP contribution < -0.4 is 10.6 Å². The van der Waals surface area contributed by atoms with Gasteiger partial charge in [-0.2, -0.15) is 0 Å². The number of sulfonamides is 1. The van der Waals surface area contributed by atoms with Gasteiger partial charge in [-0.1, -0.05) is 25.7 Å². The van der Waals surface area contributed by atoms with Crippen LogP contribution in [0, 0.1) is 19.8 Å². The number of nitrogens with zero attached hydrogens (tertiary/aromatic N) is 2. The molecule has 0 aromatic heterocycles. The summed E-state index contributed by atoms with van der Waals surface area (Å²) in [6, 6.07) is 4.12. The van der Waals surface area contributed by atoms with Gasteiger partial charge in [-0.05, 0) is 74.8 Å². The van der Waals surface area contributed by atoms with E-state index in [1.165, 1.54) is 25.7 Å². The minimum atomic E-state index is -3.40. The summed E-state index contributed by atoms with van der Waals surface area (Å²) < 4.78 is 27.8. The number of carbonyl (C=O) groups is 1. The number of nitrogens with one attached hydrogen (secondary N) is 2. The van der Waals surface area contributed by atoms with Gasteiger partial charge in [-0.15, -0.1) is 0 Å². The highest BCUT2D eigenvalue weighted by Gasteiger charge is 2.48. The third-order valence-electron chi connectivity index (χ3n) is 7.78. The maximum Gasteiger partial charge on any atom is 0.253 e. The first kappa shape index (κ1) is 24.2. The van der Waals surface area contributed by atoms with E-state index in [4.69, 9.17) is 4.99 Å². The Kier molecular flexibility index (Phi) is 7.15. The molecule has 3 aliphatic rings. The van der Waals surface area contributed by atoms with E-state index in [9.17, 15) is 13.2 Å². The third-order valence-corrected chi connectivity index (χ3v) is 9.65. The molecule has 2 heterocycles. The molecule has 7 nitrogen and oxygen atoms in total. The minimum absolute atomic E-state index is 0.0327. The molecule has 1 saturated carbocycles. The highest BCUT2D eigenvalue weighted by atomic mass is 32.2. The van der Waals surface area contributed by atoms with Crippen LogP contribution in [0.5, 0.6) is 0 Å². The van der Waals surface area contributed by atoms with Gasteiger partial charge in [0.05, 0.1) is 5.75 Å². The zero-order chi connectivity index (χ0) is 23.6. The Morgan fingerprint density at radius 2 is 1.70 bits per heavy atom. The van der Waals surface area contributed by atoms with Gasteiger partial charge >= 0.3 is 0 Å². The molecule has 0 bridgehead atoms. The molecule has 2 fully saturated rings. The van der Waals surface area contributed by atoms with Gasteiger partial charge in [-0.25, -0.2) is 12.7 Å². The third kappa shape index (κ3) is 5.11. The summed E-state index contributed by atoms with van der Waals surface area (Å²) in [5.41, 5.74) is 3.57. The van der Waals surface area contributed by atoms with Crippen molar-refractivity contribution in [1.82, 2.24) is 9.62 Å². The summed E-state index contributed by atoms with van der Waals surface area (Å²) in [7, 11) is -1.51. The maximum absolute atomic E-state index is 13.1. The predicted octanol–water partition coefficient (Wildman–Crippen LogP) is 3.55. The monoisotopic (exact) mass is 474 g/mol. The number of rotatable bonds is 6. The van der Waals surface area contributed by atoms with Gasteiger partial charge in [0.1, 0.15) is 11.4 Å². The SMILES string of the molecule is CNc1cc(C)c(CCS(=O)(=O)N2CCC3(CC2)N=C(C2CCCCCC2)NC3=O)c(C)c1. The molecule has 1 spiro atoms. The second-order valence-electron chi connectivity index (χ2n) is 9.97. The van der Waals surface area contributed by atoms with Crippen LogP contribution in [0.25, 0.3) is 0 Å². The van der Waals surface area contributed by atoms with Crippen molar-refractivity contribution >= 4 is 27.5 Å². The molecule has 0 unspecified atom stereocenters. The van der Waals surface area contributed by atoms with Crippen molar-refractivity contribution in [2.45, 2.75) is 77.2 Å². The van der Waals surface area contributed by atoms with Gasteiger partial charge < -0.3 is 10.6 Å². The van der Waals surface area contributed by atoms with Crippen molar-refractivity contribution in [3.05, 3.63) is 28.8 Å². The van der Waals surface area contributed by atoms with Crippen molar-refractivity contribution in [2.75, 3.05) is 31.2 Å². The number of aryl methyl sites for hydroxylation is 2. The molecule has 1 aromatic rings. The summed E-state index contributed by atoms with van der Waals surface area (Å²) in [5, 5.41) is 6.22. The Bertz CT molecular complexity index is 995. The van der Waals surface area contributed by atoms with Gasteiger partial charge in [0, 0.05) is 31.7 Å². The van der Waals surface area contributed by atoms with E-state index in [0.29, 0.717) is 38.3 Å². The first-order valence-electron chi connectivity index (χ1n) is 12.4. The van der Waals surface area contributed by atoms with Gasteiger partial charge in [0.2, 0.25) is 10.0 Å². The Labute approximate surface area is 198 Å². The summed E-state index contributed by atoms with van der Waals surface area (Å²) in [5.74, 6) is 1.26. The molecular formula is C25H38N4O3S. The van der Waals surface area contributed by atoms with Crippen LogP contribution in [0.3, 0.4) is 0 Å². The van der Waals surface area contributed by atoms with Crippen LogP contribution in [-0.4, -0.2) is 55.9 Å². The molecule has 1 amide bonds. The lowest BCUT2D eigenvalue weighted by molar-refractivity contribution is -0.125. The van der Waals surface area contributed by atoms with Crippen LogP contribution in [0.15, 0.2) is 17.1 Å². The molecule has 1 aromatic carbocycles. The lowest BCUT2D eigenvalue weighted by Gasteiger charge is -2.34. The van der Waals surface area contributed by atoms with Crippen LogP contribution in [-0.2, 0) is 21.2 Å². The van der Waals surface area contributed by atoms with E-state index >= 15 is 0 Å². The fraction of sp³-hybridized carbons (Fsp3) is 0.680. The number of anilines is 1. The number of hydrogen-bond donors (Lipinski definition) is 2. The van der Waals surface area contributed by atoms with E-state index in [2.05, 4.69) is 22.8 Å². The molecule has 1 aliphatic carbocycles. The summed E-state index contributed by atoms with van der Waals surface area (Å²) in [6.45, 7) is 4.77. The number of carbonyl (C=O) groups excluding carboxylic acids is 1. The average molecular weight is 475 g/mol. The molecule has 33 heavy (non-hydrogen) atoms. The maximum atomic E-state index is 13.1. The van der Waals surface area contributed by atoms with E-state index in [1.807, 2.05) is 20.9 Å². The van der Waals surface area contributed by atoms with Crippen molar-refractivity contribution in [2.24, 2.45) is 10.9 Å². The number of benzene rings is 1. The fourth-order valence-corrected chi connectivity index (χ4v) is 7.11. The Hall–Kier alpha value is -1.93. The molecule has 0 radical (unpaired) electrons. The number of hydrogen-bond acceptors (Lipinski definition) is 5. The van der Waals surface area contributed by atoms with Gasteiger partial charge in [0.15, 0.2) is 0 Å². The molecule has 8 heteroatoms. The first-order valence-corrected chi connectivity index (χ1v) is 14.0. The smallest absolute Gasteiger partial charge is 0.253 e. The highest BCUT2D eigenvalue weighted by Crippen LogP contribution is 2.34. The number of aliphatic imine (C=N–C) groups is 1. The van der Waals surface area contributed by atoms with Crippen molar-refractivity contribution < 1.29 is 13.2 Å². The van der Waals surface area contributed by atoms with Crippen molar-refractivity contribution in [3.63, 3.8) is 0 Å². The largest absolute Gasteiger partial charge is 0.388 e. The van der Waals surface area contributed by atoms with Crippen LogP contribution in [0.1, 0.15) is 68.1 Å². The lowest BCUT2D eigenvalue weighted by Crippen LogP contribution is -2.51. The van der Waals surface area contributed by atoms with E-state index in [1.54, 1.807) is 4.31 Å². The number of amidine groups is 1. The second-order valence-corrected chi connectivity index (χ2v) is 12.1. The topological polar surface area (TPSA) is 90.9 Å². The standard InChI is InChI=1S/C25H38N4O3S/c1-18-16-21(26-3)17-19(2)22(18)10-15-33(31,32)29-13-11-25(12-14-29)24(30)27-23(28-25)20-8-6-4-5-7-9-20/h16-17,20,26H,4-15H2,1-3H3,(H,27,28,30). The van der Waals surface area contributed by atoms with E-state index in [0.717, 1.165) is 41.1 Å². The molecule has 2 aliphatic heterocycles. The first-order chi connectivity index (χ1) is 15.7. The molecule has 4 rings (SSSR count). The zero-order valence-corrected chi connectivity index (χ0v) is 21.1.